The van der Waals surface area contributed by atoms with Gasteiger partial charge in [0, 0.05) is 41.0 Å². The van der Waals surface area contributed by atoms with Gasteiger partial charge in [0.05, 0.1) is 9.85 Å². The minimum Gasteiger partial charge on any atom is -0.380 e. The number of non-ortho nitro benzene ring substituents is 2. The van der Waals surface area contributed by atoms with E-state index in [4.69, 9.17) is 0 Å². The maximum Gasteiger partial charge on any atom is 0.270 e. The van der Waals surface area contributed by atoms with Crippen molar-refractivity contribution in [2.75, 3.05) is 5.32 Å². The van der Waals surface area contributed by atoms with Gasteiger partial charge in [0.1, 0.15) is 0 Å². The summed E-state index contributed by atoms with van der Waals surface area (Å²) in [4.78, 5) is 20.3. The van der Waals surface area contributed by atoms with Gasteiger partial charge in [0.15, 0.2) is 0 Å². The molecule has 0 saturated heterocycles. The molecule has 2 aromatic carbocycles. The Kier molecular flexibility index (Phi) is 4.49. The third-order valence-electron chi connectivity index (χ3n) is 2.79. The number of anilines is 1. The quantitative estimate of drug-likeness (QED) is 0.650. The predicted molar refractivity (Wildman–Crippen MR) is 81.2 cm³/mol. The molecule has 2 aromatic rings. The van der Waals surface area contributed by atoms with Crippen molar-refractivity contribution >= 4 is 33.0 Å². The van der Waals surface area contributed by atoms with Gasteiger partial charge in [-0.05, 0) is 27.6 Å². The van der Waals surface area contributed by atoms with Crippen LogP contribution in [0.1, 0.15) is 5.56 Å². The molecule has 0 spiro atoms. The highest BCUT2D eigenvalue weighted by atomic mass is 79.9. The van der Waals surface area contributed by atoms with Crippen LogP contribution in [0.5, 0.6) is 0 Å². The molecule has 0 amide bonds. The number of nitro groups is 2. The van der Waals surface area contributed by atoms with Crippen LogP contribution in [-0.2, 0) is 6.54 Å². The van der Waals surface area contributed by atoms with Crippen molar-refractivity contribution in [1.82, 2.24) is 0 Å². The number of hydrogen-bond acceptors (Lipinski definition) is 5. The lowest BCUT2D eigenvalue weighted by molar-refractivity contribution is -0.385. The van der Waals surface area contributed by atoms with Gasteiger partial charge < -0.3 is 5.32 Å². The second-order valence-corrected chi connectivity index (χ2v) is 5.05. The van der Waals surface area contributed by atoms with E-state index in [1.165, 1.54) is 24.3 Å². The fraction of sp³-hybridized carbons (Fsp3) is 0.0769. The largest absolute Gasteiger partial charge is 0.380 e. The SMILES string of the molecule is O=[N+]([O-])c1ccc(CNc2ccc([N+](=O)[O-])cc2Br)cc1. The van der Waals surface area contributed by atoms with Crippen LogP contribution in [0.4, 0.5) is 17.1 Å². The Morgan fingerprint density at radius 2 is 1.52 bits per heavy atom. The molecular formula is C13H10BrN3O4. The van der Waals surface area contributed by atoms with Crippen LogP contribution in [-0.4, -0.2) is 9.85 Å². The second-order valence-electron chi connectivity index (χ2n) is 4.20. The third-order valence-corrected chi connectivity index (χ3v) is 3.45. The molecule has 0 aliphatic rings. The molecule has 8 heteroatoms. The molecule has 0 aromatic heterocycles. The summed E-state index contributed by atoms with van der Waals surface area (Å²) < 4.78 is 0.582. The van der Waals surface area contributed by atoms with Crippen molar-refractivity contribution in [2.24, 2.45) is 0 Å². The first-order valence-corrected chi connectivity index (χ1v) is 6.68. The Morgan fingerprint density at radius 1 is 0.952 bits per heavy atom. The molecule has 0 bridgehead atoms. The summed E-state index contributed by atoms with van der Waals surface area (Å²) in [5.41, 5.74) is 1.61. The van der Waals surface area contributed by atoms with Crippen molar-refractivity contribution < 1.29 is 9.85 Å². The first-order valence-electron chi connectivity index (χ1n) is 5.88. The molecule has 0 atom stereocenters. The Hall–Kier alpha value is -2.48. The van der Waals surface area contributed by atoms with Crippen LogP contribution in [0.2, 0.25) is 0 Å². The average Bonchev–Trinajstić information content (AvgIpc) is 2.46. The van der Waals surface area contributed by atoms with Gasteiger partial charge in [-0.3, -0.25) is 20.2 Å². The van der Waals surface area contributed by atoms with E-state index in [1.54, 1.807) is 18.2 Å². The van der Waals surface area contributed by atoms with Crippen molar-refractivity contribution in [1.29, 1.82) is 0 Å². The predicted octanol–water partition coefficient (Wildman–Crippen LogP) is 3.88. The van der Waals surface area contributed by atoms with Crippen LogP contribution in [0.3, 0.4) is 0 Å². The number of nitrogens with zero attached hydrogens (tertiary/aromatic N) is 2. The van der Waals surface area contributed by atoms with E-state index in [0.717, 1.165) is 5.56 Å². The lowest BCUT2D eigenvalue weighted by Gasteiger charge is -2.08. The summed E-state index contributed by atoms with van der Waals surface area (Å²) in [6.07, 6.45) is 0. The molecule has 0 heterocycles. The fourth-order valence-electron chi connectivity index (χ4n) is 1.69. The summed E-state index contributed by atoms with van der Waals surface area (Å²) >= 11 is 3.26. The molecule has 0 saturated carbocycles. The number of nitrogens with one attached hydrogen (secondary N) is 1. The van der Waals surface area contributed by atoms with E-state index in [0.29, 0.717) is 16.7 Å². The number of hydrogen-bond donors (Lipinski definition) is 1. The van der Waals surface area contributed by atoms with Gasteiger partial charge in [0.25, 0.3) is 11.4 Å². The van der Waals surface area contributed by atoms with Gasteiger partial charge in [-0.2, -0.15) is 0 Å². The molecule has 2 rings (SSSR count). The molecule has 0 aliphatic carbocycles. The monoisotopic (exact) mass is 351 g/mol. The van der Waals surface area contributed by atoms with Crippen LogP contribution in [0, 0.1) is 20.2 Å². The van der Waals surface area contributed by atoms with E-state index < -0.39 is 9.85 Å². The smallest absolute Gasteiger partial charge is 0.270 e. The zero-order chi connectivity index (χ0) is 15.4. The minimum absolute atomic E-state index is 0.00256. The van der Waals surface area contributed by atoms with Crippen LogP contribution >= 0.6 is 15.9 Å². The first-order chi connectivity index (χ1) is 9.97. The molecule has 1 N–H and O–H groups in total. The average molecular weight is 352 g/mol. The van der Waals surface area contributed by atoms with Crippen molar-refractivity contribution in [3.63, 3.8) is 0 Å². The fourth-order valence-corrected chi connectivity index (χ4v) is 2.20. The van der Waals surface area contributed by atoms with E-state index in [1.807, 2.05) is 0 Å². The van der Waals surface area contributed by atoms with Gasteiger partial charge in [0.2, 0.25) is 0 Å². The number of nitro benzene ring substituents is 2. The van der Waals surface area contributed by atoms with E-state index in [2.05, 4.69) is 21.2 Å². The summed E-state index contributed by atoms with van der Waals surface area (Å²) in [6.45, 7) is 0.453. The lowest BCUT2D eigenvalue weighted by atomic mass is 10.2. The molecule has 21 heavy (non-hydrogen) atoms. The summed E-state index contributed by atoms with van der Waals surface area (Å²) in [7, 11) is 0. The zero-order valence-electron chi connectivity index (χ0n) is 10.7. The highest BCUT2D eigenvalue weighted by Gasteiger charge is 2.09. The van der Waals surface area contributed by atoms with Gasteiger partial charge in [-0.15, -0.1) is 0 Å². The summed E-state index contributed by atoms with van der Waals surface area (Å²) in [6, 6.07) is 10.6. The van der Waals surface area contributed by atoms with E-state index in [-0.39, 0.29) is 11.4 Å². The lowest BCUT2D eigenvalue weighted by Crippen LogP contribution is -2.00. The summed E-state index contributed by atoms with van der Waals surface area (Å²) in [5, 5.41) is 24.3. The Morgan fingerprint density at radius 3 is 2.05 bits per heavy atom. The molecule has 0 fully saturated rings. The number of benzene rings is 2. The third kappa shape index (κ3) is 3.76. The Bertz CT molecular complexity index is 688. The Labute approximate surface area is 128 Å². The molecule has 7 nitrogen and oxygen atoms in total. The first kappa shape index (κ1) is 14.9. The maximum atomic E-state index is 10.6. The second kappa shape index (κ2) is 6.31. The topological polar surface area (TPSA) is 98.3 Å². The number of rotatable bonds is 5. The molecular weight excluding hydrogens is 342 g/mol. The van der Waals surface area contributed by atoms with Crippen LogP contribution in [0.15, 0.2) is 46.9 Å². The highest BCUT2D eigenvalue weighted by Crippen LogP contribution is 2.27. The van der Waals surface area contributed by atoms with Crippen LogP contribution < -0.4 is 5.32 Å². The van der Waals surface area contributed by atoms with Crippen molar-refractivity contribution in [3.05, 3.63) is 72.7 Å². The van der Waals surface area contributed by atoms with Gasteiger partial charge >= 0.3 is 0 Å². The van der Waals surface area contributed by atoms with Crippen molar-refractivity contribution in [2.45, 2.75) is 6.54 Å². The minimum atomic E-state index is -0.467. The standard InChI is InChI=1S/C13H10BrN3O4/c14-12-7-11(17(20)21)5-6-13(12)15-8-9-1-3-10(4-2-9)16(18)19/h1-7,15H,8H2. The molecule has 0 radical (unpaired) electrons. The molecule has 0 unspecified atom stereocenters. The van der Waals surface area contributed by atoms with E-state index >= 15 is 0 Å². The van der Waals surface area contributed by atoms with Gasteiger partial charge in [-0.1, -0.05) is 12.1 Å². The molecule has 108 valence electrons. The zero-order valence-corrected chi connectivity index (χ0v) is 12.2. The highest BCUT2D eigenvalue weighted by molar-refractivity contribution is 9.10. The summed E-state index contributed by atoms with van der Waals surface area (Å²) in [5.74, 6) is 0. The van der Waals surface area contributed by atoms with E-state index in [9.17, 15) is 20.2 Å². The normalized spacial score (nSPS) is 10.1. The number of halogens is 1. The Balaban J connectivity index is 2.06. The van der Waals surface area contributed by atoms with Crippen molar-refractivity contribution in [3.8, 4) is 0 Å². The maximum absolute atomic E-state index is 10.6. The molecule has 0 aliphatic heterocycles. The van der Waals surface area contributed by atoms with Gasteiger partial charge in [-0.25, -0.2) is 0 Å². The van der Waals surface area contributed by atoms with Crippen LogP contribution in [0.25, 0.3) is 0 Å².